The zero-order valence-corrected chi connectivity index (χ0v) is 20.7. The number of anilines is 1. The summed E-state index contributed by atoms with van der Waals surface area (Å²) in [6, 6.07) is 15.4. The van der Waals surface area contributed by atoms with Gasteiger partial charge in [-0.3, -0.25) is 19.5 Å². The van der Waals surface area contributed by atoms with E-state index < -0.39 is 11.9 Å². The van der Waals surface area contributed by atoms with Gasteiger partial charge < -0.3 is 9.64 Å². The van der Waals surface area contributed by atoms with Crippen LogP contribution in [0.15, 0.2) is 54.7 Å². The van der Waals surface area contributed by atoms with E-state index in [2.05, 4.69) is 9.97 Å². The number of aryl methyl sites for hydroxylation is 1. The van der Waals surface area contributed by atoms with Gasteiger partial charge in [-0.2, -0.15) is 0 Å². The van der Waals surface area contributed by atoms with Crippen molar-refractivity contribution in [1.29, 1.82) is 0 Å². The lowest BCUT2D eigenvalue weighted by atomic mass is 10.1. The Morgan fingerprint density at radius 3 is 2.66 bits per heavy atom. The molecule has 0 spiro atoms. The maximum absolute atomic E-state index is 13.7. The number of hydrogen-bond donors (Lipinski definition) is 0. The molecule has 0 saturated carbocycles. The van der Waals surface area contributed by atoms with Gasteiger partial charge in [0.2, 0.25) is 11.8 Å². The summed E-state index contributed by atoms with van der Waals surface area (Å²) in [5, 5.41) is 0.446. The molecule has 0 radical (unpaired) electrons. The Labute approximate surface area is 208 Å². The van der Waals surface area contributed by atoms with Crippen molar-refractivity contribution < 1.29 is 19.1 Å². The van der Waals surface area contributed by atoms with Crippen LogP contribution in [-0.4, -0.2) is 52.3 Å². The van der Waals surface area contributed by atoms with Crippen molar-refractivity contribution in [3.63, 3.8) is 0 Å². The SMILES string of the molecule is CCOC(=O)c1nc(N(CCc2ccccc2)C(=O)C2CC(=O)N(Cc3ccccn3)C2)sc1C. The molecule has 1 aromatic carbocycles. The molecular weight excluding hydrogens is 464 g/mol. The lowest BCUT2D eigenvalue weighted by molar-refractivity contribution is -0.129. The lowest BCUT2D eigenvalue weighted by Gasteiger charge is -2.23. The number of pyridine rings is 1. The Bertz CT molecular complexity index is 1180. The number of rotatable bonds is 9. The summed E-state index contributed by atoms with van der Waals surface area (Å²) in [6.07, 6.45) is 2.45. The van der Waals surface area contributed by atoms with Crippen molar-refractivity contribution in [3.8, 4) is 0 Å². The normalized spacial score (nSPS) is 15.3. The third-order valence-electron chi connectivity index (χ3n) is 5.86. The first-order chi connectivity index (χ1) is 17.0. The van der Waals surface area contributed by atoms with Crippen molar-refractivity contribution in [2.45, 2.75) is 33.2 Å². The predicted octanol–water partition coefficient (Wildman–Crippen LogP) is 3.65. The molecule has 3 aromatic rings. The number of benzene rings is 1. The van der Waals surface area contributed by atoms with E-state index in [4.69, 9.17) is 4.74 Å². The van der Waals surface area contributed by atoms with Crippen LogP contribution in [0.3, 0.4) is 0 Å². The van der Waals surface area contributed by atoms with E-state index in [1.165, 1.54) is 11.3 Å². The summed E-state index contributed by atoms with van der Waals surface area (Å²) in [7, 11) is 0. The molecule has 1 atom stereocenters. The molecule has 182 valence electrons. The van der Waals surface area contributed by atoms with Crippen molar-refractivity contribution in [3.05, 3.63) is 76.6 Å². The molecular formula is C26H28N4O4S. The first kappa shape index (κ1) is 24.5. The molecule has 0 bridgehead atoms. The summed E-state index contributed by atoms with van der Waals surface area (Å²) in [6.45, 7) is 4.87. The zero-order chi connectivity index (χ0) is 24.8. The largest absolute Gasteiger partial charge is 0.461 e. The Morgan fingerprint density at radius 1 is 1.17 bits per heavy atom. The fraction of sp³-hybridized carbons (Fsp3) is 0.346. The second-order valence-corrected chi connectivity index (χ2v) is 9.53. The van der Waals surface area contributed by atoms with Crippen LogP contribution in [0.2, 0.25) is 0 Å². The predicted molar refractivity (Wildman–Crippen MR) is 133 cm³/mol. The Kier molecular flexibility index (Phi) is 7.87. The molecule has 4 rings (SSSR count). The van der Waals surface area contributed by atoms with E-state index in [9.17, 15) is 14.4 Å². The number of nitrogens with zero attached hydrogens (tertiary/aromatic N) is 4. The molecule has 0 N–H and O–H groups in total. The summed E-state index contributed by atoms with van der Waals surface area (Å²) >= 11 is 1.29. The van der Waals surface area contributed by atoms with Gasteiger partial charge in [0, 0.05) is 30.6 Å². The summed E-state index contributed by atoms with van der Waals surface area (Å²) in [5.41, 5.74) is 2.09. The minimum atomic E-state index is -0.500. The van der Waals surface area contributed by atoms with Crippen LogP contribution >= 0.6 is 11.3 Å². The third-order valence-corrected chi connectivity index (χ3v) is 6.85. The highest BCUT2D eigenvalue weighted by Gasteiger charge is 2.38. The number of amides is 2. The second kappa shape index (κ2) is 11.2. The molecule has 0 aliphatic carbocycles. The Morgan fingerprint density at radius 2 is 1.94 bits per heavy atom. The average Bonchev–Trinajstić information content (AvgIpc) is 3.43. The van der Waals surface area contributed by atoms with Gasteiger partial charge in [0.25, 0.3) is 0 Å². The zero-order valence-electron chi connectivity index (χ0n) is 19.8. The first-order valence-corrected chi connectivity index (χ1v) is 12.5. The maximum Gasteiger partial charge on any atom is 0.358 e. The number of aromatic nitrogens is 2. The van der Waals surface area contributed by atoms with Crippen LogP contribution in [0.4, 0.5) is 5.13 Å². The van der Waals surface area contributed by atoms with Crippen LogP contribution in [-0.2, 0) is 27.3 Å². The number of esters is 1. The standard InChI is InChI=1S/C26H28N4O4S/c1-3-34-25(33)23-18(2)35-26(28-23)30(14-12-19-9-5-4-6-10-19)24(32)20-15-22(31)29(16-20)17-21-11-7-8-13-27-21/h4-11,13,20H,3,12,14-17H2,1-2H3. The van der Waals surface area contributed by atoms with Crippen molar-refractivity contribution in [1.82, 2.24) is 14.9 Å². The van der Waals surface area contributed by atoms with E-state index in [0.29, 0.717) is 36.1 Å². The summed E-state index contributed by atoms with van der Waals surface area (Å²) in [5.74, 6) is -1.22. The summed E-state index contributed by atoms with van der Waals surface area (Å²) < 4.78 is 5.12. The molecule has 2 aromatic heterocycles. The molecule has 35 heavy (non-hydrogen) atoms. The quantitative estimate of drug-likeness (QED) is 0.424. The van der Waals surface area contributed by atoms with E-state index in [-0.39, 0.29) is 30.5 Å². The molecule has 1 aliphatic rings. The Hall–Kier alpha value is -3.59. The van der Waals surface area contributed by atoms with Crippen LogP contribution in [0.25, 0.3) is 0 Å². The monoisotopic (exact) mass is 492 g/mol. The average molecular weight is 493 g/mol. The minimum Gasteiger partial charge on any atom is -0.461 e. The first-order valence-electron chi connectivity index (χ1n) is 11.6. The van der Waals surface area contributed by atoms with Gasteiger partial charge in [-0.1, -0.05) is 36.4 Å². The Balaban J connectivity index is 1.55. The van der Waals surface area contributed by atoms with Gasteiger partial charge in [0.15, 0.2) is 10.8 Å². The van der Waals surface area contributed by atoms with E-state index in [1.54, 1.807) is 29.8 Å². The van der Waals surface area contributed by atoms with E-state index in [1.807, 2.05) is 48.5 Å². The van der Waals surface area contributed by atoms with Crippen molar-refractivity contribution >= 4 is 34.3 Å². The molecule has 1 unspecified atom stereocenters. The second-order valence-electron chi connectivity index (χ2n) is 8.34. The van der Waals surface area contributed by atoms with Crippen LogP contribution < -0.4 is 4.90 Å². The van der Waals surface area contributed by atoms with Crippen LogP contribution in [0, 0.1) is 12.8 Å². The van der Waals surface area contributed by atoms with Crippen LogP contribution in [0.1, 0.15) is 40.0 Å². The maximum atomic E-state index is 13.7. The third kappa shape index (κ3) is 5.92. The van der Waals surface area contributed by atoms with Gasteiger partial charge in [-0.25, -0.2) is 9.78 Å². The minimum absolute atomic E-state index is 0.0699. The highest BCUT2D eigenvalue weighted by atomic mass is 32.1. The number of carbonyl (C=O) groups is 3. The highest BCUT2D eigenvalue weighted by molar-refractivity contribution is 7.16. The van der Waals surface area contributed by atoms with Gasteiger partial charge in [0.05, 0.1) is 24.8 Å². The molecule has 1 aliphatic heterocycles. The molecule has 8 nitrogen and oxygen atoms in total. The topological polar surface area (TPSA) is 92.7 Å². The summed E-state index contributed by atoms with van der Waals surface area (Å²) in [4.78, 5) is 51.5. The fourth-order valence-corrected chi connectivity index (χ4v) is 5.00. The smallest absolute Gasteiger partial charge is 0.358 e. The molecule has 9 heteroatoms. The van der Waals surface area contributed by atoms with Crippen LogP contribution in [0.5, 0.6) is 0 Å². The van der Waals surface area contributed by atoms with Gasteiger partial charge in [-0.15, -0.1) is 11.3 Å². The number of thiazole rings is 1. The van der Waals surface area contributed by atoms with Crippen molar-refractivity contribution in [2.75, 3.05) is 24.6 Å². The number of carbonyl (C=O) groups excluding carboxylic acids is 3. The van der Waals surface area contributed by atoms with Gasteiger partial charge >= 0.3 is 5.97 Å². The number of ether oxygens (including phenoxy) is 1. The van der Waals surface area contributed by atoms with Crippen molar-refractivity contribution in [2.24, 2.45) is 5.92 Å². The number of likely N-dealkylation sites (tertiary alicyclic amines) is 1. The molecule has 3 heterocycles. The fourth-order valence-electron chi connectivity index (χ4n) is 4.07. The van der Waals surface area contributed by atoms with E-state index in [0.717, 1.165) is 11.3 Å². The van der Waals surface area contributed by atoms with Gasteiger partial charge in [0.1, 0.15) is 0 Å². The highest BCUT2D eigenvalue weighted by Crippen LogP contribution is 2.30. The molecule has 2 amide bonds. The van der Waals surface area contributed by atoms with Gasteiger partial charge in [-0.05, 0) is 38.0 Å². The molecule has 1 fully saturated rings. The molecule has 1 saturated heterocycles. The number of hydrogen-bond acceptors (Lipinski definition) is 7. The lowest BCUT2D eigenvalue weighted by Crippen LogP contribution is -2.39. The van der Waals surface area contributed by atoms with E-state index >= 15 is 0 Å².